The second kappa shape index (κ2) is 13.2. The summed E-state index contributed by atoms with van der Waals surface area (Å²) in [6, 6.07) is 76.5. The second-order valence-electron chi connectivity index (χ2n) is 14.5. The van der Waals surface area contributed by atoms with Crippen LogP contribution in [0.2, 0.25) is 0 Å². The quantitative estimate of drug-likeness (QED) is 0.160. The van der Waals surface area contributed by atoms with Gasteiger partial charge in [-0.25, -0.2) is 0 Å². The molecule has 0 saturated carbocycles. The molecule has 0 atom stereocenters. The number of hydrogen-bond acceptors (Lipinski definition) is 2. The van der Waals surface area contributed by atoms with Crippen LogP contribution in [-0.4, -0.2) is 0 Å². The van der Waals surface area contributed by atoms with Crippen LogP contribution in [0.5, 0.6) is 0 Å². The average Bonchev–Trinajstić information content (AvgIpc) is 3.66. The second-order valence-corrected chi connectivity index (χ2v) is 14.5. The van der Waals surface area contributed by atoms with E-state index in [-0.39, 0.29) is 0 Å². The molecule has 1 heterocycles. The Balaban J connectivity index is 1.05. The van der Waals surface area contributed by atoms with E-state index in [0.29, 0.717) is 0 Å². The van der Waals surface area contributed by atoms with Gasteiger partial charge >= 0.3 is 0 Å². The Bertz CT molecular complexity index is 3240. The molecule has 2 heteroatoms. The molecule has 0 N–H and O–H groups in total. The Labute approximate surface area is 325 Å². The highest BCUT2D eigenvalue weighted by atomic mass is 16.3. The van der Waals surface area contributed by atoms with E-state index in [1.54, 1.807) is 0 Å². The first-order chi connectivity index (χ1) is 27.8. The maximum atomic E-state index is 6.58. The lowest BCUT2D eigenvalue weighted by atomic mass is 9.96. The molecule has 0 amide bonds. The van der Waals surface area contributed by atoms with Gasteiger partial charge in [0.25, 0.3) is 0 Å². The van der Waals surface area contributed by atoms with Crippen molar-refractivity contribution in [3.63, 3.8) is 0 Å². The zero-order chi connectivity index (χ0) is 37.0. The Morgan fingerprint density at radius 3 is 1.66 bits per heavy atom. The van der Waals surface area contributed by atoms with E-state index in [0.717, 1.165) is 50.1 Å². The molecule has 0 radical (unpaired) electrons. The summed E-state index contributed by atoms with van der Waals surface area (Å²) in [5.41, 5.74) is 12.0. The van der Waals surface area contributed by atoms with Crippen molar-refractivity contribution in [3.05, 3.63) is 212 Å². The average molecular weight is 714 g/mol. The van der Waals surface area contributed by atoms with Gasteiger partial charge < -0.3 is 9.32 Å². The van der Waals surface area contributed by atoms with Gasteiger partial charge in [0.1, 0.15) is 11.2 Å². The SMILES string of the molecule is c1ccc(N(c2ccc(-c3ccc4c(ccc5ccccc54)c3)cc2)c2ccc(-c3cccc4ccccc34)cc2)c(-c2cccc3c2oc2ccccc23)c1. The zero-order valence-electron chi connectivity index (χ0n) is 30.6. The van der Waals surface area contributed by atoms with Crippen LogP contribution in [0.1, 0.15) is 0 Å². The largest absolute Gasteiger partial charge is 0.455 e. The number of fused-ring (bicyclic) bond motifs is 7. The molecule has 2 nitrogen and oxygen atoms in total. The van der Waals surface area contributed by atoms with E-state index in [1.165, 1.54) is 54.6 Å². The van der Waals surface area contributed by atoms with Crippen molar-refractivity contribution in [2.75, 3.05) is 4.90 Å². The third-order valence-corrected chi connectivity index (χ3v) is 11.3. The molecule has 11 aromatic rings. The van der Waals surface area contributed by atoms with Crippen molar-refractivity contribution in [3.8, 4) is 33.4 Å². The molecule has 262 valence electrons. The van der Waals surface area contributed by atoms with Gasteiger partial charge in [-0.2, -0.15) is 0 Å². The molecule has 0 bridgehead atoms. The monoisotopic (exact) mass is 713 g/mol. The molecule has 0 spiro atoms. The van der Waals surface area contributed by atoms with E-state index < -0.39 is 0 Å². The minimum Gasteiger partial charge on any atom is -0.455 e. The van der Waals surface area contributed by atoms with Gasteiger partial charge in [0.15, 0.2) is 0 Å². The summed E-state index contributed by atoms with van der Waals surface area (Å²) in [5.74, 6) is 0. The summed E-state index contributed by atoms with van der Waals surface area (Å²) >= 11 is 0. The molecule has 0 aliphatic rings. The first-order valence-electron chi connectivity index (χ1n) is 19.2. The third kappa shape index (κ3) is 5.34. The van der Waals surface area contributed by atoms with Gasteiger partial charge in [-0.15, -0.1) is 0 Å². The van der Waals surface area contributed by atoms with Crippen molar-refractivity contribution in [2.45, 2.75) is 0 Å². The van der Waals surface area contributed by atoms with Gasteiger partial charge in [0.2, 0.25) is 0 Å². The van der Waals surface area contributed by atoms with Crippen LogP contribution < -0.4 is 4.90 Å². The summed E-state index contributed by atoms with van der Waals surface area (Å²) in [6.07, 6.45) is 0. The zero-order valence-corrected chi connectivity index (χ0v) is 30.6. The lowest BCUT2D eigenvalue weighted by Gasteiger charge is -2.28. The van der Waals surface area contributed by atoms with Crippen molar-refractivity contribution in [1.29, 1.82) is 0 Å². The molecule has 0 aliphatic heterocycles. The molecule has 11 rings (SSSR count). The van der Waals surface area contributed by atoms with Crippen molar-refractivity contribution in [2.24, 2.45) is 0 Å². The smallest absolute Gasteiger partial charge is 0.143 e. The summed E-state index contributed by atoms with van der Waals surface area (Å²) in [7, 11) is 0. The van der Waals surface area contributed by atoms with Crippen molar-refractivity contribution < 1.29 is 4.42 Å². The van der Waals surface area contributed by atoms with Gasteiger partial charge in [0.05, 0.1) is 5.69 Å². The molecular formula is C54H35NO. The van der Waals surface area contributed by atoms with Crippen LogP contribution in [0.25, 0.3) is 87.6 Å². The summed E-state index contributed by atoms with van der Waals surface area (Å²) in [5, 5.41) is 9.80. The maximum absolute atomic E-state index is 6.58. The number of benzene rings is 10. The van der Waals surface area contributed by atoms with Crippen LogP contribution in [0.3, 0.4) is 0 Å². The fourth-order valence-corrected chi connectivity index (χ4v) is 8.55. The lowest BCUT2D eigenvalue weighted by Crippen LogP contribution is -2.11. The predicted octanol–water partition coefficient (Wildman–Crippen LogP) is 15.5. The van der Waals surface area contributed by atoms with Crippen LogP contribution in [-0.2, 0) is 0 Å². The van der Waals surface area contributed by atoms with Crippen LogP contribution in [0, 0.1) is 0 Å². The standard InChI is InChI=1S/C54H35NO/c1-3-14-44-37(11-1)13-9-18-46(44)39-27-32-43(33-28-39)55(52-21-7-5-16-48(52)50-19-10-20-51-49-17-6-8-22-53(49)56-54(50)51)42-30-25-36(26-31-42)40-29-34-47-41(35-40)24-23-38-12-2-4-15-45(38)47/h1-35H. The van der Waals surface area contributed by atoms with Crippen LogP contribution in [0.15, 0.2) is 217 Å². The van der Waals surface area contributed by atoms with Crippen LogP contribution in [0.4, 0.5) is 17.1 Å². The molecule has 1 aromatic heterocycles. The van der Waals surface area contributed by atoms with E-state index in [4.69, 9.17) is 4.42 Å². The van der Waals surface area contributed by atoms with Crippen molar-refractivity contribution >= 4 is 71.3 Å². The normalized spacial score (nSPS) is 11.6. The minimum absolute atomic E-state index is 0.894. The highest BCUT2D eigenvalue weighted by molar-refractivity contribution is 6.11. The Morgan fingerprint density at radius 2 is 0.839 bits per heavy atom. The lowest BCUT2D eigenvalue weighted by molar-refractivity contribution is 0.670. The molecule has 0 saturated heterocycles. The Morgan fingerprint density at radius 1 is 0.304 bits per heavy atom. The van der Waals surface area contributed by atoms with Crippen LogP contribution >= 0.6 is 0 Å². The summed E-state index contributed by atoms with van der Waals surface area (Å²) in [6.45, 7) is 0. The number of anilines is 3. The topological polar surface area (TPSA) is 16.4 Å². The molecule has 0 unspecified atom stereocenters. The van der Waals surface area contributed by atoms with Gasteiger partial charge in [-0.05, 0) is 97.0 Å². The number of para-hydroxylation sites is 3. The molecule has 0 aliphatic carbocycles. The third-order valence-electron chi connectivity index (χ3n) is 11.3. The molecule has 56 heavy (non-hydrogen) atoms. The van der Waals surface area contributed by atoms with Gasteiger partial charge in [0, 0.05) is 33.3 Å². The highest BCUT2D eigenvalue weighted by Gasteiger charge is 2.20. The molecular weight excluding hydrogens is 679 g/mol. The number of furan rings is 1. The first kappa shape index (κ1) is 32.0. The molecule has 10 aromatic carbocycles. The fourth-order valence-electron chi connectivity index (χ4n) is 8.55. The first-order valence-corrected chi connectivity index (χ1v) is 19.2. The van der Waals surface area contributed by atoms with Gasteiger partial charge in [-0.1, -0.05) is 170 Å². The van der Waals surface area contributed by atoms with E-state index >= 15 is 0 Å². The highest BCUT2D eigenvalue weighted by Crippen LogP contribution is 2.45. The van der Waals surface area contributed by atoms with E-state index in [9.17, 15) is 0 Å². The number of rotatable bonds is 6. The van der Waals surface area contributed by atoms with E-state index in [1.807, 2.05) is 12.1 Å². The Kier molecular flexibility index (Phi) is 7.53. The minimum atomic E-state index is 0.894. The summed E-state index contributed by atoms with van der Waals surface area (Å²) < 4.78 is 6.58. The predicted molar refractivity (Wildman–Crippen MR) is 237 cm³/mol. The maximum Gasteiger partial charge on any atom is 0.143 e. The van der Waals surface area contributed by atoms with Gasteiger partial charge in [-0.3, -0.25) is 0 Å². The molecule has 0 fully saturated rings. The fraction of sp³-hybridized carbons (Fsp3) is 0. The van der Waals surface area contributed by atoms with E-state index in [2.05, 4.69) is 205 Å². The Hall–Kier alpha value is -7.42. The van der Waals surface area contributed by atoms with Crippen molar-refractivity contribution in [1.82, 2.24) is 0 Å². The number of hydrogen-bond donors (Lipinski definition) is 0. The summed E-state index contributed by atoms with van der Waals surface area (Å²) in [4.78, 5) is 2.38. The number of nitrogens with zero attached hydrogens (tertiary/aromatic N) is 1.